The van der Waals surface area contributed by atoms with Crippen LogP contribution in [-0.4, -0.2) is 0 Å². The first-order valence-electron chi connectivity index (χ1n) is 10.1. The minimum atomic E-state index is 1.23. The molecule has 0 radical (unpaired) electrons. The van der Waals surface area contributed by atoms with Gasteiger partial charge in [-0.3, -0.25) is 0 Å². The van der Waals surface area contributed by atoms with E-state index in [0.717, 1.165) is 0 Å². The van der Waals surface area contributed by atoms with Crippen molar-refractivity contribution in [3.63, 3.8) is 0 Å². The number of hydrogen-bond donors (Lipinski definition) is 0. The van der Waals surface area contributed by atoms with Gasteiger partial charge in [0.05, 0.1) is 0 Å². The van der Waals surface area contributed by atoms with Crippen molar-refractivity contribution < 1.29 is 0 Å². The molecule has 0 saturated heterocycles. The monoisotopic (exact) mass is 368 g/mol. The fraction of sp³-hybridized carbons (Fsp3) is 0.231. The SMILES string of the molecule is CCCCCCc1cc2cc3cc4cc5ccccc5cc4cc3cc2s1. The fourth-order valence-electron chi connectivity index (χ4n) is 4.14. The molecule has 0 amide bonds. The molecule has 0 atom stereocenters. The van der Waals surface area contributed by atoms with Crippen molar-refractivity contribution in [3.8, 4) is 0 Å². The van der Waals surface area contributed by atoms with Gasteiger partial charge in [-0.15, -0.1) is 11.3 Å². The number of fused-ring (bicyclic) bond motifs is 4. The van der Waals surface area contributed by atoms with Gasteiger partial charge in [-0.1, -0.05) is 50.5 Å². The molecule has 0 spiro atoms. The van der Waals surface area contributed by atoms with E-state index in [-0.39, 0.29) is 0 Å². The number of thiophene rings is 1. The number of hydrogen-bond acceptors (Lipinski definition) is 1. The Bertz CT molecular complexity index is 1170. The molecule has 5 aromatic rings. The molecule has 0 aliphatic carbocycles. The highest BCUT2D eigenvalue weighted by molar-refractivity contribution is 7.19. The third kappa shape index (κ3) is 3.21. The van der Waals surface area contributed by atoms with Crippen LogP contribution < -0.4 is 0 Å². The number of unbranched alkanes of at least 4 members (excludes halogenated alkanes) is 3. The third-order valence-corrected chi connectivity index (χ3v) is 6.78. The standard InChI is InChI=1S/C26H24S/c1-2-3-4-5-10-25-16-24-15-22-13-20-11-18-8-6-7-9-19(18)12-21(20)14-23(22)17-26(24)27-25/h6-9,11-17H,2-5,10H2,1H3. The van der Waals surface area contributed by atoms with Gasteiger partial charge in [0.15, 0.2) is 0 Å². The molecule has 0 N–H and O–H groups in total. The lowest BCUT2D eigenvalue weighted by Crippen LogP contribution is -1.80. The summed E-state index contributed by atoms with van der Waals surface area (Å²) in [4.78, 5) is 1.53. The van der Waals surface area contributed by atoms with Crippen LogP contribution in [0.25, 0.3) is 42.4 Å². The van der Waals surface area contributed by atoms with Crippen LogP contribution in [0.4, 0.5) is 0 Å². The highest BCUT2D eigenvalue weighted by atomic mass is 32.1. The van der Waals surface area contributed by atoms with Crippen molar-refractivity contribution in [1.29, 1.82) is 0 Å². The molecule has 5 rings (SSSR count). The van der Waals surface area contributed by atoms with Gasteiger partial charge in [0, 0.05) is 9.58 Å². The molecule has 0 aliphatic rings. The number of benzene rings is 4. The zero-order valence-corrected chi connectivity index (χ0v) is 16.6. The summed E-state index contributed by atoms with van der Waals surface area (Å²) in [5, 5.41) is 9.39. The van der Waals surface area contributed by atoms with Crippen LogP contribution in [0.3, 0.4) is 0 Å². The smallest absolute Gasteiger partial charge is 0.0352 e. The van der Waals surface area contributed by atoms with Gasteiger partial charge >= 0.3 is 0 Å². The van der Waals surface area contributed by atoms with Crippen LogP contribution in [0.1, 0.15) is 37.5 Å². The van der Waals surface area contributed by atoms with Crippen molar-refractivity contribution in [2.24, 2.45) is 0 Å². The Labute approximate surface area is 164 Å². The molecular weight excluding hydrogens is 344 g/mol. The second-order valence-corrected chi connectivity index (χ2v) is 8.83. The second-order valence-electron chi connectivity index (χ2n) is 7.66. The topological polar surface area (TPSA) is 0 Å². The molecular formula is C26H24S. The normalized spacial score (nSPS) is 11.9. The van der Waals surface area contributed by atoms with E-state index < -0.39 is 0 Å². The van der Waals surface area contributed by atoms with Crippen LogP contribution in [-0.2, 0) is 6.42 Å². The van der Waals surface area contributed by atoms with E-state index in [9.17, 15) is 0 Å². The van der Waals surface area contributed by atoms with Gasteiger partial charge in [-0.05, 0) is 93.0 Å². The Morgan fingerprint density at radius 3 is 1.85 bits per heavy atom. The molecule has 0 aliphatic heterocycles. The maximum absolute atomic E-state index is 2.41. The summed E-state index contributed by atoms with van der Waals surface area (Å²) >= 11 is 1.98. The van der Waals surface area contributed by atoms with Crippen LogP contribution in [0.15, 0.2) is 66.7 Å². The molecule has 1 heteroatoms. The molecule has 27 heavy (non-hydrogen) atoms. The van der Waals surface area contributed by atoms with Gasteiger partial charge < -0.3 is 0 Å². The second kappa shape index (κ2) is 6.98. The molecule has 0 unspecified atom stereocenters. The van der Waals surface area contributed by atoms with E-state index in [1.54, 1.807) is 0 Å². The molecule has 0 saturated carbocycles. The Balaban J connectivity index is 1.59. The maximum Gasteiger partial charge on any atom is 0.0352 e. The zero-order valence-electron chi connectivity index (χ0n) is 15.8. The van der Waals surface area contributed by atoms with Gasteiger partial charge in [0.1, 0.15) is 0 Å². The van der Waals surface area contributed by atoms with Gasteiger partial charge in [0.25, 0.3) is 0 Å². The van der Waals surface area contributed by atoms with E-state index in [4.69, 9.17) is 0 Å². The van der Waals surface area contributed by atoms with Gasteiger partial charge in [-0.25, -0.2) is 0 Å². The van der Waals surface area contributed by atoms with Crippen LogP contribution in [0, 0.1) is 0 Å². The summed E-state index contributed by atoms with van der Waals surface area (Å²) < 4.78 is 1.42. The van der Waals surface area contributed by atoms with Crippen LogP contribution in [0.2, 0.25) is 0 Å². The van der Waals surface area contributed by atoms with Crippen molar-refractivity contribution in [3.05, 3.63) is 71.6 Å². The van der Waals surface area contributed by atoms with E-state index in [2.05, 4.69) is 73.7 Å². The lowest BCUT2D eigenvalue weighted by Gasteiger charge is -2.05. The van der Waals surface area contributed by atoms with Crippen molar-refractivity contribution >= 4 is 53.7 Å². The summed E-state index contributed by atoms with van der Waals surface area (Å²) in [5.74, 6) is 0. The first-order valence-corrected chi connectivity index (χ1v) is 10.9. The third-order valence-electron chi connectivity index (χ3n) is 5.62. The van der Waals surface area contributed by atoms with E-state index in [1.165, 1.54) is 79.4 Å². The van der Waals surface area contributed by atoms with Gasteiger partial charge in [0.2, 0.25) is 0 Å². The maximum atomic E-state index is 2.41. The van der Waals surface area contributed by atoms with Crippen molar-refractivity contribution in [2.75, 3.05) is 0 Å². The number of aryl methyl sites for hydroxylation is 1. The molecule has 4 aromatic carbocycles. The number of rotatable bonds is 5. The molecule has 1 aromatic heterocycles. The lowest BCUT2D eigenvalue weighted by atomic mass is 9.99. The highest BCUT2D eigenvalue weighted by Crippen LogP contribution is 2.34. The Hall–Kier alpha value is -2.38. The Morgan fingerprint density at radius 1 is 0.593 bits per heavy atom. The molecule has 1 heterocycles. The Morgan fingerprint density at radius 2 is 1.19 bits per heavy atom. The van der Waals surface area contributed by atoms with E-state index >= 15 is 0 Å². The minimum Gasteiger partial charge on any atom is -0.140 e. The van der Waals surface area contributed by atoms with Crippen molar-refractivity contribution in [2.45, 2.75) is 39.0 Å². The molecule has 134 valence electrons. The lowest BCUT2D eigenvalue weighted by molar-refractivity contribution is 0.670. The Kier molecular flexibility index (Phi) is 4.33. The molecule has 0 nitrogen and oxygen atoms in total. The largest absolute Gasteiger partial charge is 0.140 e. The summed E-state index contributed by atoms with van der Waals surface area (Å²) in [6.07, 6.45) is 6.56. The zero-order chi connectivity index (χ0) is 18.2. The minimum absolute atomic E-state index is 1.23. The average molecular weight is 369 g/mol. The van der Waals surface area contributed by atoms with Crippen LogP contribution >= 0.6 is 11.3 Å². The molecule has 0 bridgehead atoms. The van der Waals surface area contributed by atoms with Crippen molar-refractivity contribution in [1.82, 2.24) is 0 Å². The first kappa shape index (κ1) is 16.8. The average Bonchev–Trinajstić information content (AvgIpc) is 3.07. The first-order chi connectivity index (χ1) is 13.3. The quantitative estimate of drug-likeness (QED) is 0.215. The summed E-state index contributed by atoms with van der Waals surface area (Å²) in [6, 6.07) is 25.2. The summed E-state index contributed by atoms with van der Waals surface area (Å²) in [7, 11) is 0. The summed E-state index contributed by atoms with van der Waals surface area (Å²) in [5.41, 5.74) is 0. The fourth-order valence-corrected chi connectivity index (χ4v) is 5.27. The van der Waals surface area contributed by atoms with E-state index in [0.29, 0.717) is 0 Å². The predicted molar refractivity (Wildman–Crippen MR) is 122 cm³/mol. The molecule has 0 fully saturated rings. The van der Waals surface area contributed by atoms with Gasteiger partial charge in [-0.2, -0.15) is 0 Å². The van der Waals surface area contributed by atoms with Crippen LogP contribution in [0.5, 0.6) is 0 Å². The highest BCUT2D eigenvalue weighted by Gasteiger charge is 2.06. The summed E-state index contributed by atoms with van der Waals surface area (Å²) in [6.45, 7) is 2.28. The predicted octanol–water partition coefficient (Wildman–Crippen LogP) is 8.48. The van der Waals surface area contributed by atoms with E-state index in [1.807, 2.05) is 11.3 Å².